The molecule has 0 fully saturated rings. The lowest BCUT2D eigenvalue weighted by atomic mass is 9.98. The number of amides is 1. The van der Waals surface area contributed by atoms with Gasteiger partial charge in [-0.25, -0.2) is 9.59 Å². The third-order valence-electron chi connectivity index (χ3n) is 5.38. The van der Waals surface area contributed by atoms with E-state index in [0.29, 0.717) is 11.3 Å². The Labute approximate surface area is 169 Å². The lowest BCUT2D eigenvalue weighted by Gasteiger charge is -2.16. The Morgan fingerprint density at radius 2 is 1.52 bits per heavy atom. The van der Waals surface area contributed by atoms with E-state index in [1.54, 1.807) is 13.0 Å². The molecule has 0 spiro atoms. The Morgan fingerprint density at radius 3 is 2.10 bits per heavy atom. The largest absolute Gasteiger partial charge is 0.478 e. The minimum atomic E-state index is -1.03. The standard InChI is InChI=1S/C24H21NO4/c1-14-11-15(2)22(12-20(14)23(26)27)25-24(28)29-13-21-18-9-5-3-7-16(18)17-8-4-6-10-19(17)21/h3-12,21H,13H2,1-2H3,(H,25,28)(H,26,27). The van der Waals surface area contributed by atoms with Crippen LogP contribution in [0.1, 0.15) is 38.5 Å². The zero-order valence-corrected chi connectivity index (χ0v) is 16.2. The SMILES string of the molecule is Cc1cc(C)c(C(=O)O)cc1NC(=O)OCC1c2ccccc2-c2ccccc21. The molecule has 0 saturated carbocycles. The number of hydrogen-bond acceptors (Lipinski definition) is 3. The van der Waals surface area contributed by atoms with Gasteiger partial charge < -0.3 is 9.84 Å². The van der Waals surface area contributed by atoms with Crippen LogP contribution in [0.4, 0.5) is 10.5 Å². The zero-order valence-electron chi connectivity index (χ0n) is 16.2. The monoisotopic (exact) mass is 387 g/mol. The normalized spacial score (nSPS) is 12.2. The number of rotatable bonds is 4. The van der Waals surface area contributed by atoms with E-state index in [0.717, 1.165) is 27.8 Å². The average molecular weight is 387 g/mol. The Bertz CT molecular complexity index is 1070. The summed E-state index contributed by atoms with van der Waals surface area (Å²) in [6, 6.07) is 19.5. The highest BCUT2D eigenvalue weighted by molar-refractivity contribution is 5.93. The molecule has 5 nitrogen and oxygen atoms in total. The second kappa shape index (κ2) is 7.43. The van der Waals surface area contributed by atoms with Crippen LogP contribution in [0.3, 0.4) is 0 Å². The summed E-state index contributed by atoms with van der Waals surface area (Å²) in [5.74, 6) is -1.06. The molecule has 2 N–H and O–H groups in total. The molecule has 3 aromatic rings. The molecule has 146 valence electrons. The van der Waals surface area contributed by atoms with Crippen molar-refractivity contribution in [2.24, 2.45) is 0 Å². The minimum Gasteiger partial charge on any atom is -0.478 e. The molecule has 0 bridgehead atoms. The molecule has 3 aromatic carbocycles. The van der Waals surface area contributed by atoms with Crippen LogP contribution in [0, 0.1) is 13.8 Å². The van der Waals surface area contributed by atoms with Gasteiger partial charge in [-0.3, -0.25) is 5.32 Å². The first-order valence-corrected chi connectivity index (χ1v) is 9.42. The molecule has 0 atom stereocenters. The predicted molar refractivity (Wildman–Crippen MR) is 112 cm³/mol. The first-order chi connectivity index (χ1) is 14.0. The number of aryl methyl sites for hydroxylation is 2. The maximum atomic E-state index is 12.4. The second-order valence-corrected chi connectivity index (χ2v) is 7.24. The molecule has 0 saturated heterocycles. The number of carboxylic acid groups (broad SMARTS) is 1. The fraction of sp³-hybridized carbons (Fsp3) is 0.167. The number of anilines is 1. The summed E-state index contributed by atoms with van der Waals surface area (Å²) in [6.07, 6.45) is -0.602. The van der Waals surface area contributed by atoms with Crippen molar-refractivity contribution in [1.82, 2.24) is 0 Å². The molecule has 1 aliphatic rings. The Hall–Kier alpha value is -3.60. The van der Waals surface area contributed by atoms with Crippen LogP contribution in [0.25, 0.3) is 11.1 Å². The maximum absolute atomic E-state index is 12.4. The molecule has 1 aliphatic carbocycles. The molecule has 4 rings (SSSR count). The molecule has 29 heavy (non-hydrogen) atoms. The van der Waals surface area contributed by atoms with E-state index in [4.69, 9.17) is 4.74 Å². The molecule has 0 radical (unpaired) electrons. The third kappa shape index (κ3) is 3.47. The van der Waals surface area contributed by atoms with Crippen LogP contribution in [0.5, 0.6) is 0 Å². The van der Waals surface area contributed by atoms with Crippen molar-refractivity contribution in [3.63, 3.8) is 0 Å². The Morgan fingerprint density at radius 1 is 0.931 bits per heavy atom. The van der Waals surface area contributed by atoms with Crippen molar-refractivity contribution in [3.8, 4) is 11.1 Å². The summed E-state index contributed by atoms with van der Waals surface area (Å²) in [5, 5.41) is 12.0. The van der Waals surface area contributed by atoms with E-state index in [-0.39, 0.29) is 18.1 Å². The predicted octanol–water partition coefficient (Wildman–Crippen LogP) is 5.36. The number of fused-ring (bicyclic) bond motifs is 3. The lowest BCUT2D eigenvalue weighted by molar-refractivity contribution is 0.0696. The number of ether oxygens (including phenoxy) is 1. The smallest absolute Gasteiger partial charge is 0.411 e. The van der Waals surface area contributed by atoms with Gasteiger partial charge in [0.2, 0.25) is 0 Å². The summed E-state index contributed by atoms with van der Waals surface area (Å²) < 4.78 is 5.53. The Balaban J connectivity index is 1.51. The molecule has 0 aromatic heterocycles. The molecule has 0 aliphatic heterocycles. The number of hydrogen-bond donors (Lipinski definition) is 2. The molecule has 0 unspecified atom stereocenters. The molecular weight excluding hydrogens is 366 g/mol. The third-order valence-corrected chi connectivity index (χ3v) is 5.38. The fourth-order valence-electron chi connectivity index (χ4n) is 3.96. The fourth-order valence-corrected chi connectivity index (χ4v) is 3.96. The summed E-state index contributed by atoms with van der Waals surface area (Å²) in [6.45, 7) is 3.75. The van der Waals surface area contributed by atoms with Gasteiger partial charge in [0.25, 0.3) is 0 Å². The van der Waals surface area contributed by atoms with Crippen LogP contribution < -0.4 is 5.32 Å². The Kier molecular flexibility index (Phi) is 4.80. The number of benzene rings is 3. The van der Waals surface area contributed by atoms with Gasteiger partial charge in [0.1, 0.15) is 6.61 Å². The highest BCUT2D eigenvalue weighted by atomic mass is 16.5. The van der Waals surface area contributed by atoms with Crippen molar-refractivity contribution < 1.29 is 19.4 Å². The van der Waals surface area contributed by atoms with E-state index >= 15 is 0 Å². The van der Waals surface area contributed by atoms with E-state index in [2.05, 4.69) is 29.6 Å². The highest BCUT2D eigenvalue weighted by Crippen LogP contribution is 2.44. The van der Waals surface area contributed by atoms with Crippen molar-refractivity contribution >= 4 is 17.7 Å². The quantitative estimate of drug-likeness (QED) is 0.632. The van der Waals surface area contributed by atoms with E-state index < -0.39 is 12.1 Å². The minimum absolute atomic E-state index is 0.0261. The van der Waals surface area contributed by atoms with Crippen molar-refractivity contribution in [2.75, 3.05) is 11.9 Å². The van der Waals surface area contributed by atoms with E-state index in [1.807, 2.05) is 31.2 Å². The first kappa shape index (κ1) is 18.7. The second-order valence-electron chi connectivity index (χ2n) is 7.24. The van der Waals surface area contributed by atoms with Crippen LogP contribution >= 0.6 is 0 Å². The van der Waals surface area contributed by atoms with Gasteiger partial charge in [0.05, 0.1) is 5.56 Å². The van der Waals surface area contributed by atoms with Gasteiger partial charge in [-0.15, -0.1) is 0 Å². The van der Waals surface area contributed by atoms with Crippen molar-refractivity contribution in [3.05, 3.63) is 88.5 Å². The number of carbonyl (C=O) groups is 2. The van der Waals surface area contributed by atoms with Crippen molar-refractivity contribution in [2.45, 2.75) is 19.8 Å². The molecule has 5 heteroatoms. The number of nitrogens with one attached hydrogen (secondary N) is 1. The highest BCUT2D eigenvalue weighted by Gasteiger charge is 2.29. The number of carbonyl (C=O) groups excluding carboxylic acids is 1. The lowest BCUT2D eigenvalue weighted by Crippen LogP contribution is -2.19. The summed E-state index contributed by atoms with van der Waals surface area (Å²) >= 11 is 0. The van der Waals surface area contributed by atoms with E-state index in [1.165, 1.54) is 6.07 Å². The van der Waals surface area contributed by atoms with Gasteiger partial charge >= 0.3 is 12.1 Å². The van der Waals surface area contributed by atoms with Gasteiger partial charge in [-0.05, 0) is 53.3 Å². The number of carboxylic acids is 1. The van der Waals surface area contributed by atoms with Gasteiger partial charge in [-0.2, -0.15) is 0 Å². The average Bonchev–Trinajstić information content (AvgIpc) is 3.02. The van der Waals surface area contributed by atoms with Crippen LogP contribution in [-0.2, 0) is 4.74 Å². The summed E-state index contributed by atoms with van der Waals surface area (Å²) in [5.41, 5.74) is 6.63. The van der Waals surface area contributed by atoms with E-state index in [9.17, 15) is 14.7 Å². The van der Waals surface area contributed by atoms with Gasteiger partial charge in [-0.1, -0.05) is 54.6 Å². The van der Waals surface area contributed by atoms with Crippen LogP contribution in [0.2, 0.25) is 0 Å². The topological polar surface area (TPSA) is 75.6 Å². The maximum Gasteiger partial charge on any atom is 0.411 e. The first-order valence-electron chi connectivity index (χ1n) is 9.42. The molecule has 1 amide bonds. The van der Waals surface area contributed by atoms with Crippen LogP contribution in [-0.4, -0.2) is 23.8 Å². The van der Waals surface area contributed by atoms with Gasteiger partial charge in [0, 0.05) is 11.6 Å². The number of aromatic carboxylic acids is 1. The van der Waals surface area contributed by atoms with Gasteiger partial charge in [0.15, 0.2) is 0 Å². The van der Waals surface area contributed by atoms with Crippen LogP contribution in [0.15, 0.2) is 60.7 Å². The van der Waals surface area contributed by atoms with Crippen molar-refractivity contribution in [1.29, 1.82) is 0 Å². The molecule has 0 heterocycles. The zero-order chi connectivity index (χ0) is 20.5. The summed E-state index contributed by atoms with van der Waals surface area (Å²) in [4.78, 5) is 23.8. The molecular formula is C24H21NO4. The summed E-state index contributed by atoms with van der Waals surface area (Å²) in [7, 11) is 0.